The molecule has 144 valence electrons. The van der Waals surface area contributed by atoms with Crippen molar-refractivity contribution in [2.75, 3.05) is 0 Å². The minimum absolute atomic E-state index is 0.113. The number of imidazole rings is 1. The minimum atomic E-state index is -0.450. The number of hydrogen-bond acceptors (Lipinski definition) is 4. The molecule has 29 heavy (non-hydrogen) atoms. The molecule has 0 aliphatic heterocycles. The van der Waals surface area contributed by atoms with Gasteiger partial charge in [0.25, 0.3) is 5.91 Å². The topological polar surface area (TPSA) is 64.2 Å². The summed E-state index contributed by atoms with van der Waals surface area (Å²) in [5.41, 5.74) is 1.48. The Kier molecular flexibility index (Phi) is 5.01. The van der Waals surface area contributed by atoms with Crippen LogP contribution in [0.1, 0.15) is 15.2 Å². The molecule has 0 amide bonds. The van der Waals surface area contributed by atoms with Gasteiger partial charge in [0.1, 0.15) is 5.75 Å². The second kappa shape index (κ2) is 7.77. The fourth-order valence-electron chi connectivity index (χ4n) is 3.05. The van der Waals surface area contributed by atoms with Crippen molar-refractivity contribution in [1.82, 2.24) is 9.13 Å². The number of phenolic OH excluding ortho intramolecular Hbond substituents is 1. The summed E-state index contributed by atoms with van der Waals surface area (Å²) in [4.78, 5) is 28.0. The van der Waals surface area contributed by atoms with E-state index in [1.807, 2.05) is 49.4 Å². The highest BCUT2D eigenvalue weighted by molar-refractivity contribution is 7.15. The van der Waals surface area contributed by atoms with E-state index < -0.39 is 11.6 Å². The summed E-state index contributed by atoms with van der Waals surface area (Å²) in [6.45, 7) is 1.98. The number of aromatic hydroxyl groups is 1. The van der Waals surface area contributed by atoms with Crippen LogP contribution in [0.15, 0.2) is 83.8 Å². The maximum Gasteiger partial charge on any atom is 0.340 e. The average molecular weight is 402 g/mol. The molecule has 0 unspecified atom stereocenters. The molecule has 0 atom stereocenters. The summed E-state index contributed by atoms with van der Waals surface area (Å²) in [7, 11) is 0. The van der Waals surface area contributed by atoms with Crippen LogP contribution >= 0.6 is 11.3 Å². The van der Waals surface area contributed by atoms with Gasteiger partial charge < -0.3 is 5.11 Å². The van der Waals surface area contributed by atoms with Crippen LogP contribution in [0.4, 0.5) is 0 Å². The highest BCUT2D eigenvalue weighted by Gasteiger charge is 2.19. The van der Waals surface area contributed by atoms with E-state index in [0.717, 1.165) is 9.75 Å². The van der Waals surface area contributed by atoms with Crippen molar-refractivity contribution in [3.8, 4) is 22.0 Å². The summed E-state index contributed by atoms with van der Waals surface area (Å²) < 4.78 is 2.65. The first-order valence-corrected chi connectivity index (χ1v) is 9.82. The number of aromatic nitrogens is 2. The first-order chi connectivity index (χ1) is 14.0. The highest BCUT2D eigenvalue weighted by Crippen LogP contribution is 2.28. The van der Waals surface area contributed by atoms with Crippen molar-refractivity contribution < 1.29 is 9.90 Å². The summed E-state index contributed by atoms with van der Waals surface area (Å²) in [5.74, 6) is -0.337. The molecule has 2 heterocycles. The van der Waals surface area contributed by atoms with Crippen LogP contribution in [0.25, 0.3) is 22.3 Å². The number of carbonyl (C=O) groups excluding carboxylic acids is 1. The van der Waals surface area contributed by atoms with Crippen molar-refractivity contribution in [3.05, 3.63) is 99.9 Å². The van der Waals surface area contributed by atoms with Gasteiger partial charge in [-0.2, -0.15) is 0 Å². The first kappa shape index (κ1) is 18.7. The van der Waals surface area contributed by atoms with Crippen molar-refractivity contribution in [2.45, 2.75) is 6.92 Å². The molecule has 0 spiro atoms. The number of nitrogens with zero attached hydrogens (tertiary/aromatic N) is 2. The van der Waals surface area contributed by atoms with Gasteiger partial charge >= 0.3 is 5.69 Å². The molecule has 1 N–H and O–H groups in total. The van der Waals surface area contributed by atoms with Gasteiger partial charge in [0.15, 0.2) is 0 Å². The molecule has 4 aromatic rings. The zero-order valence-corrected chi connectivity index (χ0v) is 16.5. The quantitative estimate of drug-likeness (QED) is 0.502. The van der Waals surface area contributed by atoms with E-state index in [-0.39, 0.29) is 5.75 Å². The molecule has 0 bridgehead atoms. The molecule has 0 saturated heterocycles. The number of para-hydroxylation sites is 1. The maximum absolute atomic E-state index is 13.1. The summed E-state index contributed by atoms with van der Waals surface area (Å²) in [6, 6.07) is 19.6. The molecular weight excluding hydrogens is 384 g/mol. The lowest BCUT2D eigenvalue weighted by Gasteiger charge is -2.01. The van der Waals surface area contributed by atoms with Crippen LogP contribution in [-0.4, -0.2) is 20.1 Å². The van der Waals surface area contributed by atoms with Crippen molar-refractivity contribution >= 4 is 23.3 Å². The lowest BCUT2D eigenvalue weighted by molar-refractivity contribution is 0.0967. The fourth-order valence-corrected chi connectivity index (χ4v) is 3.92. The Bertz CT molecular complexity index is 1260. The first-order valence-electron chi connectivity index (χ1n) is 9.01. The maximum atomic E-state index is 13.1. The standard InChI is InChI=1S/C23H18N2O3S/c1-16-10-12-21(29-16)20-15-24(18-7-3-2-4-8-18)23(28)25(20)22(27)13-11-17-6-5-9-19(26)14-17/h2-15,26H,1H3/b13-11+. The van der Waals surface area contributed by atoms with Crippen LogP contribution in [0, 0.1) is 6.92 Å². The minimum Gasteiger partial charge on any atom is -0.508 e. The van der Waals surface area contributed by atoms with E-state index in [1.54, 1.807) is 36.5 Å². The zero-order valence-electron chi connectivity index (χ0n) is 15.6. The predicted octanol–water partition coefficient (Wildman–Crippen LogP) is 4.74. The largest absolute Gasteiger partial charge is 0.508 e. The molecule has 4 rings (SSSR count). The van der Waals surface area contributed by atoms with Gasteiger partial charge in [-0.15, -0.1) is 11.3 Å². The molecule has 0 aliphatic rings. The number of thiophene rings is 1. The predicted molar refractivity (Wildman–Crippen MR) is 116 cm³/mol. The lowest BCUT2D eigenvalue weighted by Crippen LogP contribution is -2.27. The van der Waals surface area contributed by atoms with Crippen LogP contribution in [0.5, 0.6) is 5.75 Å². The molecular formula is C23H18N2O3S. The van der Waals surface area contributed by atoms with Gasteiger partial charge in [0.05, 0.1) is 16.3 Å². The monoisotopic (exact) mass is 402 g/mol. The van der Waals surface area contributed by atoms with E-state index in [4.69, 9.17) is 0 Å². The molecule has 6 heteroatoms. The van der Waals surface area contributed by atoms with Crippen molar-refractivity contribution in [2.24, 2.45) is 0 Å². The second-order valence-electron chi connectivity index (χ2n) is 6.51. The number of rotatable bonds is 4. The van der Waals surface area contributed by atoms with Crippen molar-refractivity contribution in [3.63, 3.8) is 0 Å². The zero-order chi connectivity index (χ0) is 20.4. The summed E-state index contributed by atoms with van der Waals surface area (Å²) >= 11 is 1.52. The number of carbonyl (C=O) groups is 1. The Morgan fingerprint density at radius 1 is 1.03 bits per heavy atom. The summed E-state index contributed by atoms with van der Waals surface area (Å²) in [6.07, 6.45) is 4.62. The molecule has 2 aromatic carbocycles. The van der Waals surface area contributed by atoms with Crippen LogP contribution < -0.4 is 5.69 Å². The number of phenols is 1. The highest BCUT2D eigenvalue weighted by atomic mass is 32.1. The van der Waals surface area contributed by atoms with Crippen molar-refractivity contribution in [1.29, 1.82) is 0 Å². The third-order valence-corrected chi connectivity index (χ3v) is 5.45. The smallest absolute Gasteiger partial charge is 0.340 e. The fraction of sp³-hybridized carbons (Fsp3) is 0.0435. The SMILES string of the molecule is Cc1ccc(-c2cn(-c3ccccc3)c(=O)n2C(=O)/C=C/c2cccc(O)c2)s1. The van der Waals surface area contributed by atoms with E-state index in [1.165, 1.54) is 26.5 Å². The molecule has 0 fully saturated rings. The van der Waals surface area contributed by atoms with E-state index in [9.17, 15) is 14.7 Å². The van der Waals surface area contributed by atoms with E-state index >= 15 is 0 Å². The third-order valence-electron chi connectivity index (χ3n) is 4.43. The normalized spacial score (nSPS) is 11.2. The van der Waals surface area contributed by atoms with Crippen LogP contribution in [0.2, 0.25) is 0 Å². The Morgan fingerprint density at radius 3 is 2.52 bits per heavy atom. The van der Waals surface area contributed by atoms with Gasteiger partial charge in [-0.3, -0.25) is 9.36 Å². The molecule has 5 nitrogen and oxygen atoms in total. The number of allylic oxidation sites excluding steroid dienone is 1. The third kappa shape index (κ3) is 3.83. The van der Waals surface area contributed by atoms with E-state index in [2.05, 4.69) is 0 Å². The average Bonchev–Trinajstić information content (AvgIpc) is 3.30. The lowest BCUT2D eigenvalue weighted by atomic mass is 10.2. The van der Waals surface area contributed by atoms with Crippen LogP contribution in [-0.2, 0) is 0 Å². The molecule has 2 aromatic heterocycles. The molecule has 0 radical (unpaired) electrons. The van der Waals surface area contributed by atoms with Gasteiger partial charge in [-0.25, -0.2) is 9.36 Å². The molecule has 0 saturated carbocycles. The van der Waals surface area contributed by atoms with Crippen LogP contribution in [0.3, 0.4) is 0 Å². The Hall–Kier alpha value is -3.64. The van der Waals surface area contributed by atoms with Gasteiger partial charge in [0.2, 0.25) is 0 Å². The number of hydrogen-bond donors (Lipinski definition) is 1. The van der Waals surface area contributed by atoms with Gasteiger partial charge in [-0.05, 0) is 55.0 Å². The second-order valence-corrected chi connectivity index (χ2v) is 7.80. The molecule has 0 aliphatic carbocycles. The van der Waals surface area contributed by atoms with Gasteiger partial charge in [-0.1, -0.05) is 30.3 Å². The Morgan fingerprint density at radius 2 is 1.83 bits per heavy atom. The number of benzene rings is 2. The Balaban J connectivity index is 1.81. The van der Waals surface area contributed by atoms with Gasteiger partial charge in [0, 0.05) is 17.2 Å². The van der Waals surface area contributed by atoms with E-state index in [0.29, 0.717) is 16.9 Å². The Labute approximate surface area is 171 Å². The summed E-state index contributed by atoms with van der Waals surface area (Å²) in [5, 5.41) is 9.59. The number of aryl methyl sites for hydroxylation is 1.